The molecule has 2 aromatic carbocycles. The highest BCUT2D eigenvalue weighted by Gasteiger charge is 2.10. The van der Waals surface area contributed by atoms with Gasteiger partial charge in [0.25, 0.3) is 0 Å². The van der Waals surface area contributed by atoms with Gasteiger partial charge in [-0.1, -0.05) is 55.8 Å². The summed E-state index contributed by atoms with van der Waals surface area (Å²) in [6, 6.07) is 19.3. The number of pyridine rings is 1. The average molecular weight is 327 g/mol. The molecule has 0 aliphatic carbocycles. The Kier molecular flexibility index (Phi) is 4.34. The number of rotatable bonds is 5. The highest BCUT2D eigenvalue weighted by atomic mass is 14.9. The van der Waals surface area contributed by atoms with E-state index in [1.165, 1.54) is 45.8 Å². The van der Waals surface area contributed by atoms with E-state index in [0.717, 1.165) is 6.54 Å². The highest BCUT2D eigenvalue weighted by Crippen LogP contribution is 2.22. The zero-order chi connectivity index (χ0) is 17.1. The first kappa shape index (κ1) is 15.6. The molecule has 0 spiro atoms. The number of nitrogens with zero attached hydrogens (tertiary/aromatic N) is 1. The lowest BCUT2D eigenvalue weighted by atomic mass is 10.1. The molecule has 4 aromatic rings. The van der Waals surface area contributed by atoms with Gasteiger partial charge in [0.1, 0.15) is 6.54 Å². The Labute approximate surface area is 148 Å². The predicted molar refractivity (Wildman–Crippen MR) is 106 cm³/mol. The summed E-state index contributed by atoms with van der Waals surface area (Å²) in [6.07, 6.45) is 11.1. The molecule has 1 N–H and O–H groups in total. The molecule has 2 nitrogen and oxygen atoms in total. The topological polar surface area (TPSA) is 19.7 Å². The molecule has 0 amide bonds. The van der Waals surface area contributed by atoms with Gasteiger partial charge < -0.3 is 4.98 Å². The first-order valence-corrected chi connectivity index (χ1v) is 9.02. The summed E-state index contributed by atoms with van der Waals surface area (Å²) >= 11 is 0. The lowest BCUT2D eigenvalue weighted by molar-refractivity contribution is -0.671. The third kappa shape index (κ3) is 3.08. The zero-order valence-electron chi connectivity index (χ0n) is 14.6. The fraction of sp³-hybridized carbons (Fsp3) is 0.174. The molecule has 0 saturated heterocycles. The van der Waals surface area contributed by atoms with Gasteiger partial charge in [-0.05, 0) is 23.3 Å². The Morgan fingerprint density at radius 1 is 0.880 bits per heavy atom. The molecular formula is C23H23N2+. The lowest BCUT2D eigenvalue weighted by Crippen LogP contribution is -2.34. The number of para-hydroxylation sites is 2. The molecule has 2 heteroatoms. The number of nitrogens with one attached hydrogen (secondary N) is 1. The van der Waals surface area contributed by atoms with Crippen molar-refractivity contribution in [2.24, 2.45) is 0 Å². The molecule has 25 heavy (non-hydrogen) atoms. The first-order chi connectivity index (χ1) is 12.4. The number of benzene rings is 2. The second-order valence-corrected chi connectivity index (χ2v) is 6.46. The normalized spacial score (nSPS) is 11.7. The minimum absolute atomic E-state index is 1.07. The van der Waals surface area contributed by atoms with E-state index < -0.39 is 0 Å². The summed E-state index contributed by atoms with van der Waals surface area (Å²) in [5.41, 5.74) is 4.96. The number of fused-ring (bicyclic) bond motifs is 2. The summed E-state index contributed by atoms with van der Waals surface area (Å²) < 4.78 is 2.36. The monoisotopic (exact) mass is 327 g/mol. The van der Waals surface area contributed by atoms with Crippen LogP contribution in [0.2, 0.25) is 0 Å². The SMILES string of the molecule is CCCC[n+]1ccc(/C=C/c2c[nH]c3ccccc23)c2ccccc21. The van der Waals surface area contributed by atoms with Gasteiger partial charge >= 0.3 is 0 Å². The summed E-state index contributed by atoms with van der Waals surface area (Å²) in [6.45, 7) is 3.31. The predicted octanol–water partition coefficient (Wildman–Crippen LogP) is 5.58. The Hall–Kier alpha value is -2.87. The lowest BCUT2D eigenvalue weighted by Gasteiger charge is -2.04. The van der Waals surface area contributed by atoms with Gasteiger partial charge in [-0.25, -0.2) is 0 Å². The van der Waals surface area contributed by atoms with Crippen LogP contribution < -0.4 is 4.57 Å². The van der Waals surface area contributed by atoms with Crippen molar-refractivity contribution in [2.45, 2.75) is 26.3 Å². The van der Waals surface area contributed by atoms with Crippen molar-refractivity contribution < 1.29 is 4.57 Å². The molecule has 0 bridgehead atoms. The molecule has 4 rings (SSSR count). The standard InChI is InChI=1S/C23H22N2/c1-2-3-15-25-16-14-18(21-9-5-7-11-23(21)25)12-13-19-17-24-22-10-6-4-8-20(19)22/h4-14,16-17H,2-3,15H2,1H3/p+1. The smallest absolute Gasteiger partial charge is 0.213 e. The molecule has 2 aromatic heterocycles. The summed E-state index contributed by atoms with van der Waals surface area (Å²) in [4.78, 5) is 3.34. The van der Waals surface area contributed by atoms with E-state index in [1.54, 1.807) is 0 Å². The number of aromatic amines is 1. The second kappa shape index (κ2) is 6.94. The van der Waals surface area contributed by atoms with Crippen LogP contribution in [0.3, 0.4) is 0 Å². The number of hydrogen-bond donors (Lipinski definition) is 1. The molecule has 0 aliphatic rings. The van der Waals surface area contributed by atoms with Crippen LogP contribution in [0.5, 0.6) is 0 Å². The van der Waals surface area contributed by atoms with E-state index in [4.69, 9.17) is 0 Å². The minimum Gasteiger partial charge on any atom is -0.361 e. The molecule has 2 heterocycles. The van der Waals surface area contributed by atoms with Crippen molar-refractivity contribution in [2.75, 3.05) is 0 Å². The van der Waals surface area contributed by atoms with Gasteiger partial charge in [0.05, 0.1) is 5.39 Å². The van der Waals surface area contributed by atoms with E-state index in [9.17, 15) is 0 Å². The van der Waals surface area contributed by atoms with Crippen molar-refractivity contribution in [1.82, 2.24) is 4.98 Å². The first-order valence-electron chi connectivity index (χ1n) is 9.02. The van der Waals surface area contributed by atoms with Crippen molar-refractivity contribution >= 4 is 34.0 Å². The number of H-pyrrole nitrogens is 1. The third-order valence-corrected chi connectivity index (χ3v) is 4.77. The Morgan fingerprint density at radius 3 is 2.52 bits per heavy atom. The van der Waals surface area contributed by atoms with Crippen LogP contribution in [0.25, 0.3) is 34.0 Å². The fourth-order valence-corrected chi connectivity index (χ4v) is 3.39. The molecule has 0 aliphatic heterocycles. The largest absolute Gasteiger partial charge is 0.361 e. The number of hydrogen-bond acceptors (Lipinski definition) is 0. The number of aryl methyl sites for hydroxylation is 1. The van der Waals surface area contributed by atoms with Crippen molar-refractivity contribution in [1.29, 1.82) is 0 Å². The van der Waals surface area contributed by atoms with Gasteiger partial charge in [0, 0.05) is 35.7 Å². The van der Waals surface area contributed by atoms with E-state index in [1.807, 2.05) is 0 Å². The van der Waals surface area contributed by atoms with Crippen molar-refractivity contribution in [3.05, 3.63) is 78.1 Å². The Bertz CT molecular complexity index is 1040. The van der Waals surface area contributed by atoms with Crippen LogP contribution in [0.15, 0.2) is 67.0 Å². The minimum atomic E-state index is 1.07. The van der Waals surface area contributed by atoms with Gasteiger partial charge in [-0.3, -0.25) is 0 Å². The maximum absolute atomic E-state index is 3.34. The molecule has 0 saturated carbocycles. The van der Waals surface area contributed by atoms with Crippen LogP contribution >= 0.6 is 0 Å². The summed E-state index contributed by atoms with van der Waals surface area (Å²) in [5.74, 6) is 0. The Balaban J connectivity index is 1.74. The van der Waals surface area contributed by atoms with Crippen LogP contribution in [0, 0.1) is 0 Å². The van der Waals surface area contributed by atoms with Crippen LogP contribution in [-0.4, -0.2) is 4.98 Å². The summed E-state index contributed by atoms with van der Waals surface area (Å²) in [7, 11) is 0. The van der Waals surface area contributed by atoms with E-state index in [2.05, 4.69) is 95.6 Å². The van der Waals surface area contributed by atoms with Crippen LogP contribution in [0.1, 0.15) is 30.9 Å². The quantitative estimate of drug-likeness (QED) is 0.462. The highest BCUT2D eigenvalue weighted by molar-refractivity contribution is 5.94. The summed E-state index contributed by atoms with van der Waals surface area (Å²) in [5, 5.41) is 2.56. The maximum Gasteiger partial charge on any atom is 0.213 e. The zero-order valence-corrected chi connectivity index (χ0v) is 14.6. The molecule has 0 atom stereocenters. The van der Waals surface area contributed by atoms with E-state index in [0.29, 0.717) is 0 Å². The van der Waals surface area contributed by atoms with Crippen molar-refractivity contribution in [3.8, 4) is 0 Å². The molecular weight excluding hydrogens is 304 g/mol. The van der Waals surface area contributed by atoms with Gasteiger partial charge in [0.2, 0.25) is 5.52 Å². The molecule has 0 radical (unpaired) electrons. The third-order valence-electron chi connectivity index (χ3n) is 4.77. The van der Waals surface area contributed by atoms with Crippen LogP contribution in [-0.2, 0) is 6.54 Å². The molecule has 124 valence electrons. The molecule has 0 fully saturated rings. The number of unbranched alkanes of at least 4 members (excludes halogenated alkanes) is 1. The number of aromatic nitrogens is 2. The van der Waals surface area contributed by atoms with Gasteiger partial charge in [-0.15, -0.1) is 0 Å². The maximum atomic E-state index is 3.34. The second-order valence-electron chi connectivity index (χ2n) is 6.46. The van der Waals surface area contributed by atoms with E-state index >= 15 is 0 Å². The van der Waals surface area contributed by atoms with E-state index in [-0.39, 0.29) is 0 Å². The van der Waals surface area contributed by atoms with Crippen molar-refractivity contribution in [3.63, 3.8) is 0 Å². The molecule has 0 unspecified atom stereocenters. The Morgan fingerprint density at radius 2 is 1.64 bits per heavy atom. The van der Waals surface area contributed by atoms with Gasteiger partial charge in [-0.2, -0.15) is 4.57 Å². The van der Waals surface area contributed by atoms with Crippen LogP contribution in [0.4, 0.5) is 0 Å². The fourth-order valence-electron chi connectivity index (χ4n) is 3.39. The van der Waals surface area contributed by atoms with Gasteiger partial charge in [0.15, 0.2) is 6.20 Å². The average Bonchev–Trinajstić information content (AvgIpc) is 3.08.